The van der Waals surface area contributed by atoms with E-state index < -0.39 is 0 Å². The van der Waals surface area contributed by atoms with E-state index in [9.17, 15) is 4.79 Å². The minimum Gasteiger partial charge on any atom is -0.387 e. The van der Waals surface area contributed by atoms with E-state index in [-0.39, 0.29) is 17.3 Å². The lowest BCUT2D eigenvalue weighted by Gasteiger charge is -2.41. The van der Waals surface area contributed by atoms with Crippen molar-refractivity contribution in [3.8, 4) is 0 Å². The maximum atomic E-state index is 12.9. The molecule has 2 aromatic rings. The molecule has 2 fully saturated rings. The molecule has 0 atom stereocenters. The molecule has 4 rings (SSSR count). The van der Waals surface area contributed by atoms with Gasteiger partial charge in [0.25, 0.3) is 5.91 Å². The molecule has 1 aromatic heterocycles. The Labute approximate surface area is 184 Å². The summed E-state index contributed by atoms with van der Waals surface area (Å²) in [6, 6.07) is 8.48. The Morgan fingerprint density at radius 2 is 1.97 bits per heavy atom. The number of nitrogens with zero attached hydrogens (tertiary/aromatic N) is 3. The number of amidine groups is 1. The van der Waals surface area contributed by atoms with Crippen LogP contribution in [0.4, 0.5) is 5.82 Å². The molecule has 0 bridgehead atoms. The Kier molecular flexibility index (Phi) is 6.25. The number of ether oxygens (including phenoxy) is 1. The molecule has 0 radical (unpaired) electrons. The third kappa shape index (κ3) is 5.05. The number of anilines is 1. The van der Waals surface area contributed by atoms with Gasteiger partial charge in [-0.3, -0.25) is 4.79 Å². The first-order chi connectivity index (χ1) is 14.8. The van der Waals surface area contributed by atoms with Crippen LogP contribution in [0.5, 0.6) is 0 Å². The molecular formula is C24H33N5O2. The number of hydrogen-bond acceptors (Lipinski definition) is 5. The monoisotopic (exact) mass is 423 g/mol. The molecule has 2 aliphatic rings. The van der Waals surface area contributed by atoms with E-state index in [1.54, 1.807) is 6.92 Å². The van der Waals surface area contributed by atoms with Gasteiger partial charge in [0.15, 0.2) is 0 Å². The van der Waals surface area contributed by atoms with Gasteiger partial charge in [0.2, 0.25) is 0 Å². The maximum Gasteiger partial charge on any atom is 0.282 e. The Morgan fingerprint density at radius 3 is 2.65 bits per heavy atom. The topological polar surface area (TPSA) is 92.8 Å². The first-order valence-electron chi connectivity index (χ1n) is 11.2. The first-order valence-corrected chi connectivity index (χ1v) is 11.2. The largest absolute Gasteiger partial charge is 0.387 e. The quantitative estimate of drug-likeness (QED) is 0.580. The summed E-state index contributed by atoms with van der Waals surface area (Å²) in [5.41, 5.74) is 8.39. The lowest BCUT2D eigenvalue weighted by Crippen LogP contribution is -2.54. The van der Waals surface area contributed by atoms with Crippen molar-refractivity contribution >= 4 is 28.5 Å². The van der Waals surface area contributed by atoms with Crippen LogP contribution in [0.2, 0.25) is 0 Å². The molecule has 0 saturated carbocycles. The third-order valence-electron chi connectivity index (χ3n) is 6.40. The lowest BCUT2D eigenvalue weighted by molar-refractivity contribution is 0.0391. The number of nitrogens with two attached hydrogens (primary N) is 1. The van der Waals surface area contributed by atoms with Crippen LogP contribution in [-0.4, -0.2) is 54.6 Å². The molecule has 0 unspecified atom stereocenters. The van der Waals surface area contributed by atoms with Crippen LogP contribution in [0.15, 0.2) is 29.3 Å². The number of carbonyl (C=O) groups is 1. The number of carbonyl (C=O) groups excluding carboxylic acids is 1. The Balaban J connectivity index is 1.56. The van der Waals surface area contributed by atoms with Gasteiger partial charge in [-0.2, -0.15) is 4.99 Å². The highest BCUT2D eigenvalue weighted by atomic mass is 16.5. The van der Waals surface area contributed by atoms with Crippen LogP contribution in [0, 0.1) is 6.92 Å². The van der Waals surface area contributed by atoms with Crippen LogP contribution >= 0.6 is 0 Å². The molecule has 7 heteroatoms. The number of amides is 1. The second-order valence-corrected chi connectivity index (χ2v) is 9.19. The van der Waals surface area contributed by atoms with Gasteiger partial charge < -0.3 is 20.7 Å². The molecular weight excluding hydrogens is 390 g/mol. The van der Waals surface area contributed by atoms with Crippen molar-refractivity contribution in [1.82, 2.24) is 10.3 Å². The fourth-order valence-corrected chi connectivity index (χ4v) is 4.60. The van der Waals surface area contributed by atoms with Gasteiger partial charge >= 0.3 is 0 Å². The molecule has 2 saturated heterocycles. The summed E-state index contributed by atoms with van der Waals surface area (Å²) in [6.45, 7) is 9.32. The van der Waals surface area contributed by atoms with Gasteiger partial charge in [0, 0.05) is 43.3 Å². The summed E-state index contributed by atoms with van der Waals surface area (Å²) < 4.78 is 5.53. The third-order valence-corrected chi connectivity index (χ3v) is 6.40. The summed E-state index contributed by atoms with van der Waals surface area (Å²) in [5, 5.41) is 4.82. The summed E-state index contributed by atoms with van der Waals surface area (Å²) in [4.78, 5) is 24.0. The zero-order valence-electron chi connectivity index (χ0n) is 18.8. The normalized spacial score (nSPS) is 20.2. The van der Waals surface area contributed by atoms with Gasteiger partial charge in [0.05, 0.1) is 11.1 Å². The highest BCUT2D eigenvalue weighted by Crippen LogP contribution is 2.29. The zero-order chi connectivity index (χ0) is 22.0. The number of rotatable bonds is 4. The summed E-state index contributed by atoms with van der Waals surface area (Å²) in [7, 11) is 0. The fourth-order valence-electron chi connectivity index (χ4n) is 4.60. The average Bonchev–Trinajstić information content (AvgIpc) is 2.73. The maximum absolute atomic E-state index is 12.9. The molecule has 3 N–H and O–H groups in total. The van der Waals surface area contributed by atoms with Crippen molar-refractivity contribution in [2.24, 2.45) is 10.7 Å². The molecule has 166 valence electrons. The van der Waals surface area contributed by atoms with Crippen LogP contribution in [0.25, 0.3) is 10.9 Å². The number of piperidine rings is 1. The molecule has 2 aliphatic heterocycles. The molecule has 1 aromatic carbocycles. The molecule has 0 spiro atoms. The van der Waals surface area contributed by atoms with E-state index in [1.165, 1.54) is 0 Å². The molecule has 1 amide bonds. The standard InChI is InChI=1S/C24H33N5O2/c1-16-4-5-21-18(14-16)15-20(23(30)26-17(2)25)22(27-21)29-10-6-19(7-11-29)28-24(3)8-12-31-13-9-24/h4-5,14-15,19,28H,6-13H2,1-3H3,(H2,25,26,30). The molecule has 0 aliphatic carbocycles. The molecule has 7 nitrogen and oxygen atoms in total. The minimum atomic E-state index is -0.333. The number of aromatic nitrogens is 1. The van der Waals surface area contributed by atoms with E-state index in [0.29, 0.717) is 17.4 Å². The summed E-state index contributed by atoms with van der Waals surface area (Å²) in [5.74, 6) is 0.635. The van der Waals surface area contributed by atoms with Crippen molar-refractivity contribution in [3.05, 3.63) is 35.4 Å². The minimum absolute atomic E-state index is 0.151. The Morgan fingerprint density at radius 1 is 1.26 bits per heavy atom. The van der Waals surface area contributed by atoms with E-state index >= 15 is 0 Å². The summed E-state index contributed by atoms with van der Waals surface area (Å²) >= 11 is 0. The SMILES string of the molecule is CC(N)=NC(=O)c1cc2cc(C)ccc2nc1N1CCC(NC2(C)CCOCC2)CC1. The van der Waals surface area contributed by atoms with Crippen molar-refractivity contribution in [3.63, 3.8) is 0 Å². The zero-order valence-corrected chi connectivity index (χ0v) is 18.8. The highest BCUT2D eigenvalue weighted by molar-refractivity contribution is 6.07. The second-order valence-electron chi connectivity index (χ2n) is 9.19. The van der Waals surface area contributed by atoms with Crippen molar-refractivity contribution in [2.75, 3.05) is 31.2 Å². The number of fused-ring (bicyclic) bond motifs is 1. The number of aliphatic imine (C=N–C) groups is 1. The fraction of sp³-hybridized carbons (Fsp3) is 0.542. The van der Waals surface area contributed by atoms with E-state index in [0.717, 1.165) is 68.5 Å². The van der Waals surface area contributed by atoms with Crippen molar-refractivity contribution in [1.29, 1.82) is 0 Å². The van der Waals surface area contributed by atoms with Gasteiger partial charge in [0.1, 0.15) is 11.7 Å². The Hall–Kier alpha value is -2.51. The van der Waals surface area contributed by atoms with Gasteiger partial charge in [-0.05, 0) is 64.7 Å². The second kappa shape index (κ2) is 8.93. The number of benzene rings is 1. The van der Waals surface area contributed by atoms with E-state index in [4.69, 9.17) is 15.5 Å². The predicted octanol–water partition coefficient (Wildman–Crippen LogP) is 3.19. The van der Waals surface area contributed by atoms with Crippen LogP contribution in [0.3, 0.4) is 0 Å². The van der Waals surface area contributed by atoms with Gasteiger partial charge in [-0.15, -0.1) is 0 Å². The summed E-state index contributed by atoms with van der Waals surface area (Å²) in [6.07, 6.45) is 4.12. The average molecular weight is 424 g/mol. The van der Waals surface area contributed by atoms with E-state index in [1.807, 2.05) is 31.2 Å². The smallest absolute Gasteiger partial charge is 0.282 e. The molecule has 31 heavy (non-hydrogen) atoms. The number of pyridine rings is 1. The predicted molar refractivity (Wildman–Crippen MR) is 125 cm³/mol. The number of hydrogen-bond donors (Lipinski definition) is 2. The van der Waals surface area contributed by atoms with Crippen molar-refractivity contribution in [2.45, 2.75) is 58.0 Å². The first kappa shape index (κ1) is 21.7. The van der Waals surface area contributed by atoms with Crippen molar-refractivity contribution < 1.29 is 9.53 Å². The van der Waals surface area contributed by atoms with Crippen LogP contribution in [0.1, 0.15) is 55.5 Å². The van der Waals surface area contributed by atoms with E-state index in [2.05, 4.69) is 22.1 Å². The Bertz CT molecular complexity index is 985. The van der Waals surface area contributed by atoms with Crippen LogP contribution in [-0.2, 0) is 4.74 Å². The number of nitrogens with one attached hydrogen (secondary N) is 1. The van der Waals surface area contributed by atoms with Gasteiger partial charge in [-0.1, -0.05) is 11.6 Å². The number of aryl methyl sites for hydroxylation is 1. The van der Waals surface area contributed by atoms with Gasteiger partial charge in [-0.25, -0.2) is 4.98 Å². The molecule has 3 heterocycles. The lowest BCUT2D eigenvalue weighted by atomic mass is 9.90. The highest BCUT2D eigenvalue weighted by Gasteiger charge is 2.32. The van der Waals surface area contributed by atoms with Crippen LogP contribution < -0.4 is 16.0 Å².